The Kier molecular flexibility index (Phi) is 14.0. The molecule has 9 rings (SSSR count). The van der Waals surface area contributed by atoms with Gasteiger partial charge in [-0.2, -0.15) is 5.26 Å². The largest absolute Gasteiger partial charge is 0.489 e. The molecule has 17 nitrogen and oxygen atoms in total. The molecule has 4 fully saturated rings. The van der Waals surface area contributed by atoms with E-state index in [2.05, 4.69) is 74.3 Å². The second-order valence-corrected chi connectivity index (χ2v) is 21.1. The predicted molar refractivity (Wildman–Crippen MR) is 265 cm³/mol. The molecule has 374 valence electrons. The van der Waals surface area contributed by atoms with Crippen LogP contribution in [0.2, 0.25) is 5.02 Å². The quantitative estimate of drug-likeness (QED) is 0.0803. The molecule has 2 aromatic carbocycles. The summed E-state index contributed by atoms with van der Waals surface area (Å²) in [6.07, 6.45) is 3.12. The Morgan fingerprint density at radius 2 is 1.77 bits per heavy atom. The Hall–Kier alpha value is -6.32. The van der Waals surface area contributed by atoms with E-state index in [4.69, 9.17) is 25.6 Å². The van der Waals surface area contributed by atoms with E-state index in [0.29, 0.717) is 34.1 Å². The molecular weight excluding hydrogens is 924 g/mol. The summed E-state index contributed by atoms with van der Waals surface area (Å²) in [7, 11) is 0. The molecule has 4 N–H and O–H groups in total. The van der Waals surface area contributed by atoms with E-state index >= 15 is 0 Å². The van der Waals surface area contributed by atoms with Crippen LogP contribution in [-0.2, 0) is 20.7 Å². The van der Waals surface area contributed by atoms with Gasteiger partial charge in [0.05, 0.1) is 46.0 Å². The fraction of sp³-hybridized carbons (Fsp3) is 0.491. The van der Waals surface area contributed by atoms with Gasteiger partial charge in [-0.15, -0.1) is 0 Å². The molecule has 3 aliphatic heterocycles. The third-order valence-corrected chi connectivity index (χ3v) is 15.4. The van der Waals surface area contributed by atoms with E-state index in [0.717, 1.165) is 79.6 Å². The molecule has 3 unspecified atom stereocenters. The van der Waals surface area contributed by atoms with Gasteiger partial charge in [0, 0.05) is 79.1 Å². The van der Waals surface area contributed by atoms with Crippen molar-refractivity contribution in [1.82, 2.24) is 40.5 Å². The predicted octanol–water partition coefficient (Wildman–Crippen LogP) is 6.72. The van der Waals surface area contributed by atoms with Crippen LogP contribution in [0, 0.1) is 29.1 Å². The van der Waals surface area contributed by atoms with Crippen LogP contribution in [0.25, 0.3) is 11.3 Å². The van der Waals surface area contributed by atoms with E-state index < -0.39 is 30.4 Å². The number of nitriles is 1. The highest BCUT2D eigenvalue weighted by Gasteiger charge is 2.64. The number of carbonyl (C=O) groups excluding carboxylic acids is 3. The number of nitrogens with zero attached hydrogens (tertiary/aromatic N) is 7. The Morgan fingerprint density at radius 3 is 2.44 bits per heavy atom. The van der Waals surface area contributed by atoms with Gasteiger partial charge >= 0.3 is 0 Å². The molecule has 0 radical (unpaired) electrons. The number of imidazole rings is 1. The van der Waals surface area contributed by atoms with Crippen molar-refractivity contribution < 1.29 is 33.5 Å². The summed E-state index contributed by atoms with van der Waals surface area (Å²) in [6, 6.07) is 19.1. The number of unbranched alkanes of at least 4 members (excludes halogenated alkanes) is 1. The zero-order valence-electron chi connectivity index (χ0n) is 41.3. The second kappa shape index (κ2) is 20.1. The minimum atomic E-state index is -1.01. The third-order valence-electron chi connectivity index (χ3n) is 15.1. The lowest BCUT2D eigenvalue weighted by Crippen LogP contribution is -2.74. The summed E-state index contributed by atoms with van der Waals surface area (Å²) in [5, 5.41) is 31.2. The number of hydrogen-bond acceptors (Lipinski definition) is 13. The van der Waals surface area contributed by atoms with Gasteiger partial charge < -0.3 is 44.5 Å². The number of aromatic nitrogens is 4. The first-order valence-corrected chi connectivity index (χ1v) is 24.9. The highest BCUT2D eigenvalue weighted by molar-refractivity contribution is 6.31. The van der Waals surface area contributed by atoms with Gasteiger partial charge in [0.2, 0.25) is 11.8 Å². The minimum absolute atomic E-state index is 0.0604. The topological polar surface area (TPSA) is 215 Å². The van der Waals surface area contributed by atoms with Crippen molar-refractivity contribution in [2.24, 2.45) is 10.8 Å². The summed E-state index contributed by atoms with van der Waals surface area (Å²) in [5.41, 5.74) is 4.56. The number of halogens is 1. The summed E-state index contributed by atoms with van der Waals surface area (Å²) in [6.45, 7) is 18.3. The molecule has 3 amide bonds. The third kappa shape index (κ3) is 9.87. The zero-order valence-corrected chi connectivity index (χ0v) is 42.1. The summed E-state index contributed by atoms with van der Waals surface area (Å²) in [4.78, 5) is 59.7. The van der Waals surface area contributed by atoms with Crippen LogP contribution in [0.15, 0.2) is 77.7 Å². The van der Waals surface area contributed by atoms with E-state index in [1.165, 1.54) is 4.90 Å². The maximum Gasteiger partial charge on any atom is 0.253 e. The van der Waals surface area contributed by atoms with Crippen LogP contribution >= 0.6 is 11.6 Å². The number of pyridine rings is 1. The van der Waals surface area contributed by atoms with Crippen molar-refractivity contribution in [1.29, 1.82) is 5.26 Å². The second-order valence-electron chi connectivity index (χ2n) is 20.7. The monoisotopic (exact) mass is 986 g/mol. The maximum absolute atomic E-state index is 14.2. The van der Waals surface area contributed by atoms with Crippen molar-refractivity contribution in [2.75, 3.05) is 37.6 Å². The number of ether oxygens (including phenoxy) is 2. The number of carbonyl (C=O) groups is 3. The van der Waals surface area contributed by atoms with Gasteiger partial charge in [0.1, 0.15) is 41.8 Å². The fourth-order valence-electron chi connectivity index (χ4n) is 11.4. The molecular formula is C53H63ClN10O7. The lowest BCUT2D eigenvalue weighted by molar-refractivity contribution is -0.188. The van der Waals surface area contributed by atoms with Gasteiger partial charge in [-0.25, -0.2) is 9.97 Å². The molecule has 1 saturated carbocycles. The number of amides is 3. The number of aryl methyl sites for hydroxylation is 2. The van der Waals surface area contributed by atoms with Gasteiger partial charge in [-0.1, -0.05) is 68.7 Å². The number of H-pyrrole nitrogens is 1. The number of aromatic amines is 1. The molecule has 18 heteroatoms. The van der Waals surface area contributed by atoms with E-state index in [1.807, 2.05) is 56.3 Å². The number of nitrogens with one attached hydrogen (secondary N) is 3. The van der Waals surface area contributed by atoms with E-state index in [9.17, 15) is 24.8 Å². The standard InChI is InChI=1S/C53H63ClN10O7/c1-30(33-11-13-34(14-12-33)45-31(2)57-29-58-45)59-47(67)40-26-41(65)49-64(40)48(68)44(32(3)69-49)42-24-37(61-71-42)10-8-9-19-62-20-22-63(23-21-62)43-18-16-36(28-56-43)46(66)60-50-52(4,5)51(53(50,6)7)70-38-17-15-35(27-55)39(54)25-38/h11-18,24-25,28-30,32,40-41,44,49-51,65H,8-10,19-23,26H2,1-7H3,(H,57,58)(H,59,67)(H,60,66)/t30-,32?,40-,41+,44?,49?,50?,51?/m0/s1. The van der Waals surface area contributed by atoms with Crippen LogP contribution in [-0.4, -0.2) is 122 Å². The van der Waals surface area contributed by atoms with E-state index in [-0.39, 0.29) is 53.2 Å². The molecule has 0 bridgehead atoms. The molecule has 6 atom stereocenters. The SMILES string of the molecule is Cc1[nH]cnc1-c1ccc([C@H](C)NC(=O)[C@@H]2C[C@@H](O)C3OC(C)C(c4cc(CCCCN5CCN(c6ccc(C(=O)NC7C(C)(C)C(Oc8ccc(C#N)c(Cl)c8)C7(C)C)cn6)CC5)no4)C(=O)N32)cc1. The van der Waals surface area contributed by atoms with Crippen molar-refractivity contribution in [2.45, 2.75) is 123 Å². The molecule has 3 saturated heterocycles. The number of anilines is 1. The van der Waals surface area contributed by atoms with Gasteiger partial charge in [0.25, 0.3) is 5.91 Å². The lowest BCUT2D eigenvalue weighted by atomic mass is 9.49. The summed E-state index contributed by atoms with van der Waals surface area (Å²) in [5.74, 6) is 0.110. The number of piperazine rings is 1. The van der Waals surface area contributed by atoms with Crippen LogP contribution in [0.3, 0.4) is 0 Å². The molecule has 71 heavy (non-hydrogen) atoms. The van der Waals surface area contributed by atoms with Crippen molar-refractivity contribution in [3.63, 3.8) is 0 Å². The Balaban J connectivity index is 0.711. The average Bonchev–Trinajstić information content (AvgIpc) is 4.10. The number of hydrogen-bond donors (Lipinski definition) is 4. The molecule has 3 aromatic heterocycles. The Morgan fingerprint density at radius 1 is 1.03 bits per heavy atom. The maximum atomic E-state index is 14.2. The number of rotatable bonds is 15. The van der Waals surface area contributed by atoms with Crippen LogP contribution in [0.5, 0.6) is 5.75 Å². The van der Waals surface area contributed by atoms with Gasteiger partial charge in [-0.05, 0) is 76.4 Å². The first-order chi connectivity index (χ1) is 33.9. The molecule has 6 heterocycles. The van der Waals surface area contributed by atoms with Gasteiger partial charge in [-0.3, -0.25) is 19.3 Å². The normalized spacial score (nSPS) is 25.2. The number of benzene rings is 2. The highest BCUT2D eigenvalue weighted by atomic mass is 35.5. The number of fused-ring (bicyclic) bond motifs is 1. The van der Waals surface area contributed by atoms with Crippen molar-refractivity contribution >= 4 is 35.1 Å². The van der Waals surface area contributed by atoms with Crippen LogP contribution in [0.1, 0.15) is 111 Å². The van der Waals surface area contributed by atoms with E-state index in [1.54, 1.807) is 37.6 Å². The number of aliphatic hydroxyl groups excluding tert-OH is 1. The van der Waals surface area contributed by atoms with Crippen molar-refractivity contribution in [3.8, 4) is 23.1 Å². The first-order valence-electron chi connectivity index (χ1n) is 24.6. The first kappa shape index (κ1) is 49.7. The van der Waals surface area contributed by atoms with Gasteiger partial charge in [0.15, 0.2) is 12.0 Å². The molecule has 4 aliphatic rings. The number of aliphatic hydroxyl groups is 1. The molecule has 0 spiro atoms. The summed E-state index contributed by atoms with van der Waals surface area (Å²) < 4.78 is 18.4. The summed E-state index contributed by atoms with van der Waals surface area (Å²) >= 11 is 6.26. The Bertz CT molecular complexity index is 2760. The minimum Gasteiger partial charge on any atom is -0.489 e. The van der Waals surface area contributed by atoms with Crippen LogP contribution in [0.4, 0.5) is 5.82 Å². The Labute approximate surface area is 419 Å². The van der Waals surface area contributed by atoms with Crippen LogP contribution < -0.4 is 20.3 Å². The molecule has 5 aromatic rings. The fourth-order valence-corrected chi connectivity index (χ4v) is 11.6. The highest BCUT2D eigenvalue weighted by Crippen LogP contribution is 2.55. The zero-order chi connectivity index (χ0) is 50.4. The van der Waals surface area contributed by atoms with Crippen molar-refractivity contribution in [3.05, 3.63) is 112 Å². The molecule has 1 aliphatic carbocycles. The average molecular weight is 988 g/mol. The lowest BCUT2D eigenvalue weighted by Gasteiger charge is -2.63. The smallest absolute Gasteiger partial charge is 0.253 e.